The summed E-state index contributed by atoms with van der Waals surface area (Å²) in [6.45, 7) is 7.13. The van der Waals surface area contributed by atoms with Crippen molar-refractivity contribution >= 4 is 29.9 Å². The van der Waals surface area contributed by atoms with E-state index in [1.165, 1.54) is 12.1 Å². The van der Waals surface area contributed by atoms with Crippen molar-refractivity contribution in [2.75, 3.05) is 13.1 Å². The van der Waals surface area contributed by atoms with Crippen LogP contribution in [0.3, 0.4) is 0 Å². The van der Waals surface area contributed by atoms with Crippen LogP contribution in [0.5, 0.6) is 5.75 Å². The maximum absolute atomic E-state index is 12.2. The van der Waals surface area contributed by atoms with Crippen LogP contribution >= 0.6 is 24.0 Å². The van der Waals surface area contributed by atoms with Gasteiger partial charge in [0, 0.05) is 25.1 Å². The predicted octanol–water partition coefficient (Wildman–Crippen LogP) is 4.88. The molecular weight excluding hydrogens is 540 g/mol. The first-order valence-electron chi connectivity index (χ1n) is 10.3. The molecule has 0 bridgehead atoms. The van der Waals surface area contributed by atoms with E-state index in [1.54, 1.807) is 0 Å². The van der Waals surface area contributed by atoms with E-state index < -0.39 is 12.5 Å². The minimum Gasteiger partial charge on any atom is -0.406 e. The Balaban J connectivity index is 0.00000512. The van der Waals surface area contributed by atoms with Gasteiger partial charge in [-0.1, -0.05) is 31.1 Å². The van der Waals surface area contributed by atoms with Gasteiger partial charge in [0.05, 0.1) is 11.8 Å². The zero-order valence-corrected chi connectivity index (χ0v) is 20.6. The van der Waals surface area contributed by atoms with Crippen LogP contribution in [0.4, 0.5) is 13.2 Å². The first-order valence-corrected chi connectivity index (χ1v) is 10.3. The van der Waals surface area contributed by atoms with Gasteiger partial charge in [-0.05, 0) is 37.5 Å². The molecular formula is C21H30F3IN4O3. The summed E-state index contributed by atoms with van der Waals surface area (Å²) in [7, 11) is 0. The molecule has 2 rings (SSSR count). The average molecular weight is 570 g/mol. The number of aliphatic hydroxyl groups excluding tert-OH is 1. The van der Waals surface area contributed by atoms with Gasteiger partial charge in [0.2, 0.25) is 0 Å². The maximum atomic E-state index is 12.2. The highest BCUT2D eigenvalue weighted by Crippen LogP contribution is 2.24. The number of hydrogen-bond donors (Lipinski definition) is 3. The Labute approximate surface area is 202 Å². The van der Waals surface area contributed by atoms with Crippen molar-refractivity contribution in [2.24, 2.45) is 4.99 Å². The van der Waals surface area contributed by atoms with E-state index in [2.05, 4.69) is 39.4 Å². The number of benzene rings is 1. The lowest BCUT2D eigenvalue weighted by molar-refractivity contribution is -0.274. The van der Waals surface area contributed by atoms with Crippen LogP contribution in [0.15, 0.2) is 39.8 Å². The van der Waals surface area contributed by atoms with Crippen LogP contribution in [0, 0.1) is 0 Å². The summed E-state index contributed by atoms with van der Waals surface area (Å²) in [5, 5.41) is 20.5. The van der Waals surface area contributed by atoms with Crippen LogP contribution in [0.1, 0.15) is 62.7 Å². The lowest BCUT2D eigenvalue weighted by Crippen LogP contribution is -2.39. The number of ether oxygens (including phenoxy) is 1. The van der Waals surface area contributed by atoms with Gasteiger partial charge in [-0.3, -0.25) is 0 Å². The summed E-state index contributed by atoms with van der Waals surface area (Å²) in [5.41, 5.74) is 1.37. The molecule has 0 radical (unpaired) electrons. The Morgan fingerprint density at radius 3 is 2.38 bits per heavy atom. The molecule has 1 atom stereocenters. The van der Waals surface area contributed by atoms with E-state index in [4.69, 9.17) is 4.52 Å². The summed E-state index contributed by atoms with van der Waals surface area (Å²) in [4.78, 5) is 4.43. The van der Waals surface area contributed by atoms with Crippen molar-refractivity contribution in [3.8, 4) is 5.75 Å². The number of halogens is 4. The number of nitrogens with zero attached hydrogens (tertiary/aromatic N) is 2. The predicted molar refractivity (Wildman–Crippen MR) is 126 cm³/mol. The average Bonchev–Trinajstić information content (AvgIpc) is 3.19. The molecule has 0 aliphatic heterocycles. The summed E-state index contributed by atoms with van der Waals surface area (Å²) in [6, 6.07) is 6.99. The molecule has 1 aromatic carbocycles. The number of rotatable bonds is 10. The monoisotopic (exact) mass is 570 g/mol. The minimum absolute atomic E-state index is 0. The second kappa shape index (κ2) is 13.5. The smallest absolute Gasteiger partial charge is 0.406 e. The van der Waals surface area contributed by atoms with Gasteiger partial charge < -0.3 is 25.0 Å². The first-order chi connectivity index (χ1) is 14.8. The molecule has 0 saturated heterocycles. The minimum atomic E-state index is -4.75. The molecule has 32 heavy (non-hydrogen) atoms. The highest BCUT2D eigenvalue weighted by atomic mass is 127. The van der Waals surface area contributed by atoms with Gasteiger partial charge in [0.15, 0.2) is 11.7 Å². The Hall–Kier alpha value is -2.02. The number of alkyl halides is 3. The molecule has 7 nitrogen and oxygen atoms in total. The van der Waals surface area contributed by atoms with Crippen molar-refractivity contribution in [3.05, 3.63) is 47.3 Å². The summed E-state index contributed by atoms with van der Waals surface area (Å²) < 4.78 is 45.9. The van der Waals surface area contributed by atoms with E-state index in [0.29, 0.717) is 29.7 Å². The Morgan fingerprint density at radius 2 is 1.81 bits per heavy atom. The number of guanidine groups is 1. The van der Waals surface area contributed by atoms with E-state index in [9.17, 15) is 18.3 Å². The first kappa shape index (κ1) is 28.0. The molecule has 2 aromatic rings. The fourth-order valence-corrected chi connectivity index (χ4v) is 3.00. The molecule has 0 spiro atoms. The second-order valence-corrected chi connectivity index (χ2v) is 6.94. The summed E-state index contributed by atoms with van der Waals surface area (Å²) >= 11 is 0. The molecule has 0 amide bonds. The van der Waals surface area contributed by atoms with Crippen molar-refractivity contribution in [1.29, 1.82) is 0 Å². The molecule has 1 heterocycles. The standard InChI is InChI=1S/C21H29F3N4O3.HI/c1-4-14(5-2)18-11-17(31-28-18)12-26-20(25-6-3)27-13-19(29)15-7-9-16(10-8-15)30-21(22,23)24;/h7-11,14,19,29H,4-6,12-13H2,1-3H3,(H2,25,26,27);1H. The summed E-state index contributed by atoms with van der Waals surface area (Å²) in [6.07, 6.45) is -3.73. The molecule has 0 aliphatic rings. The second-order valence-electron chi connectivity index (χ2n) is 6.94. The molecule has 180 valence electrons. The third kappa shape index (κ3) is 9.23. The number of aromatic nitrogens is 1. The lowest BCUT2D eigenvalue weighted by atomic mass is 9.99. The van der Waals surface area contributed by atoms with Gasteiger partial charge in [-0.15, -0.1) is 37.1 Å². The van der Waals surface area contributed by atoms with E-state index in [0.717, 1.165) is 30.7 Å². The van der Waals surface area contributed by atoms with Crippen molar-refractivity contribution in [2.45, 2.75) is 58.5 Å². The van der Waals surface area contributed by atoms with Crippen molar-refractivity contribution in [1.82, 2.24) is 15.8 Å². The molecule has 1 aromatic heterocycles. The third-order valence-electron chi connectivity index (χ3n) is 4.68. The lowest BCUT2D eigenvalue weighted by Gasteiger charge is -2.16. The SMILES string of the molecule is CCNC(=NCc1cc(C(CC)CC)no1)NCC(O)c1ccc(OC(F)(F)F)cc1.I. The van der Waals surface area contributed by atoms with E-state index >= 15 is 0 Å². The Morgan fingerprint density at radius 1 is 1.16 bits per heavy atom. The topological polar surface area (TPSA) is 91.9 Å². The molecule has 11 heteroatoms. The van der Waals surface area contributed by atoms with Crippen LogP contribution in [0.25, 0.3) is 0 Å². The highest BCUT2D eigenvalue weighted by Gasteiger charge is 2.31. The van der Waals surface area contributed by atoms with Crippen LogP contribution in [0.2, 0.25) is 0 Å². The van der Waals surface area contributed by atoms with Gasteiger partial charge in [0.25, 0.3) is 0 Å². The largest absolute Gasteiger partial charge is 0.573 e. The third-order valence-corrected chi connectivity index (χ3v) is 4.68. The van der Waals surface area contributed by atoms with Gasteiger partial charge >= 0.3 is 6.36 Å². The van der Waals surface area contributed by atoms with Gasteiger partial charge in [-0.25, -0.2) is 4.99 Å². The van der Waals surface area contributed by atoms with Gasteiger partial charge in [0.1, 0.15) is 12.3 Å². The summed E-state index contributed by atoms with van der Waals surface area (Å²) in [5.74, 6) is 1.13. The Bertz CT molecular complexity index is 824. The van der Waals surface area contributed by atoms with Crippen molar-refractivity contribution in [3.63, 3.8) is 0 Å². The van der Waals surface area contributed by atoms with Crippen LogP contribution in [-0.4, -0.2) is 35.7 Å². The zero-order valence-electron chi connectivity index (χ0n) is 18.3. The number of aliphatic hydroxyl groups is 1. The van der Waals surface area contributed by atoms with Crippen molar-refractivity contribution < 1.29 is 27.5 Å². The Kier molecular flexibility index (Phi) is 11.8. The molecule has 0 fully saturated rings. The maximum Gasteiger partial charge on any atom is 0.573 e. The molecule has 3 N–H and O–H groups in total. The fraction of sp³-hybridized carbons (Fsp3) is 0.524. The molecule has 0 aliphatic carbocycles. The fourth-order valence-electron chi connectivity index (χ4n) is 3.00. The number of nitrogens with one attached hydrogen (secondary N) is 2. The number of aliphatic imine (C=N–C) groups is 1. The van der Waals surface area contributed by atoms with E-state index in [-0.39, 0.29) is 42.8 Å². The quantitative estimate of drug-likeness (QED) is 0.214. The molecule has 1 unspecified atom stereocenters. The highest BCUT2D eigenvalue weighted by molar-refractivity contribution is 14.0. The van der Waals surface area contributed by atoms with Crippen LogP contribution < -0.4 is 15.4 Å². The van der Waals surface area contributed by atoms with E-state index in [1.807, 2.05) is 13.0 Å². The normalized spacial score (nSPS) is 12.9. The number of hydrogen-bond acceptors (Lipinski definition) is 5. The van der Waals surface area contributed by atoms with Crippen LogP contribution in [-0.2, 0) is 6.54 Å². The zero-order chi connectivity index (χ0) is 22.9. The molecule has 0 saturated carbocycles. The van der Waals surface area contributed by atoms with Gasteiger partial charge in [-0.2, -0.15) is 0 Å².